The smallest absolute Gasteiger partial charge is 0.311 e. The van der Waals surface area contributed by atoms with E-state index >= 15 is 0 Å². The van der Waals surface area contributed by atoms with Crippen molar-refractivity contribution in [2.75, 3.05) is 6.54 Å². The van der Waals surface area contributed by atoms with Crippen molar-refractivity contribution in [2.24, 2.45) is 5.41 Å². The molecule has 6 heteroatoms. The van der Waals surface area contributed by atoms with Crippen LogP contribution < -0.4 is 5.32 Å². The maximum absolute atomic E-state index is 11.7. The Hall–Kier alpha value is -1.85. The summed E-state index contributed by atoms with van der Waals surface area (Å²) in [7, 11) is 0. The molecule has 0 aromatic carbocycles. The van der Waals surface area contributed by atoms with Gasteiger partial charge in [-0.1, -0.05) is 12.8 Å². The molecule has 0 spiro atoms. The summed E-state index contributed by atoms with van der Waals surface area (Å²) in [6, 6.07) is 1.74. The molecule has 0 unspecified atom stereocenters. The van der Waals surface area contributed by atoms with Crippen LogP contribution in [0.4, 0.5) is 0 Å². The molecule has 2 rings (SSSR count). The monoisotopic (exact) mass is 251 g/mol. The highest BCUT2D eigenvalue weighted by molar-refractivity contribution is 5.79. The van der Waals surface area contributed by atoms with E-state index in [2.05, 4.69) is 10.4 Å². The number of carboxylic acids is 1. The molecule has 1 aliphatic rings. The van der Waals surface area contributed by atoms with Gasteiger partial charge in [-0.05, 0) is 18.9 Å². The second-order valence-electron chi connectivity index (χ2n) is 4.77. The molecular weight excluding hydrogens is 234 g/mol. The Kier molecular flexibility index (Phi) is 3.64. The van der Waals surface area contributed by atoms with Crippen LogP contribution in [0.15, 0.2) is 18.5 Å². The van der Waals surface area contributed by atoms with Gasteiger partial charge in [0.1, 0.15) is 6.54 Å². The Morgan fingerprint density at radius 1 is 1.39 bits per heavy atom. The minimum Gasteiger partial charge on any atom is -0.481 e. The number of amides is 1. The van der Waals surface area contributed by atoms with Crippen LogP contribution in [0.1, 0.15) is 25.7 Å². The van der Waals surface area contributed by atoms with Gasteiger partial charge in [0.25, 0.3) is 0 Å². The molecule has 1 aromatic rings. The number of carboxylic acid groups (broad SMARTS) is 1. The maximum Gasteiger partial charge on any atom is 0.311 e. The average Bonchev–Trinajstić information content (AvgIpc) is 2.97. The topological polar surface area (TPSA) is 84.2 Å². The van der Waals surface area contributed by atoms with Gasteiger partial charge in [-0.25, -0.2) is 0 Å². The van der Waals surface area contributed by atoms with Crippen molar-refractivity contribution in [3.63, 3.8) is 0 Å². The Morgan fingerprint density at radius 2 is 2.11 bits per heavy atom. The van der Waals surface area contributed by atoms with Gasteiger partial charge in [0.2, 0.25) is 5.91 Å². The Bertz CT molecular complexity index is 422. The van der Waals surface area contributed by atoms with E-state index in [0.29, 0.717) is 12.8 Å². The number of carbonyl (C=O) groups excluding carboxylic acids is 1. The summed E-state index contributed by atoms with van der Waals surface area (Å²) in [6.07, 6.45) is 6.42. The number of nitrogens with one attached hydrogen (secondary N) is 1. The van der Waals surface area contributed by atoms with Crippen LogP contribution in [-0.2, 0) is 16.1 Å². The SMILES string of the molecule is O=C(Cn1cccn1)NCC1(C(=O)O)CCCC1. The fourth-order valence-electron chi connectivity index (χ4n) is 2.38. The number of aromatic nitrogens is 2. The highest BCUT2D eigenvalue weighted by atomic mass is 16.4. The first kappa shape index (κ1) is 12.6. The van der Waals surface area contributed by atoms with Crippen LogP contribution in [0.5, 0.6) is 0 Å². The molecule has 1 aromatic heterocycles. The van der Waals surface area contributed by atoms with E-state index in [-0.39, 0.29) is 19.0 Å². The summed E-state index contributed by atoms with van der Waals surface area (Å²) < 4.78 is 1.51. The standard InChI is InChI=1S/C12H17N3O3/c16-10(8-15-7-3-6-14-15)13-9-12(11(17)18)4-1-2-5-12/h3,6-7H,1-2,4-5,8-9H2,(H,13,16)(H,17,18). The first-order valence-corrected chi connectivity index (χ1v) is 6.10. The third kappa shape index (κ3) is 2.69. The highest BCUT2D eigenvalue weighted by Gasteiger charge is 2.41. The van der Waals surface area contributed by atoms with Crippen molar-refractivity contribution in [3.05, 3.63) is 18.5 Å². The van der Waals surface area contributed by atoms with E-state index in [1.807, 2.05) is 0 Å². The fourth-order valence-corrected chi connectivity index (χ4v) is 2.38. The molecule has 1 heterocycles. The lowest BCUT2D eigenvalue weighted by Gasteiger charge is -2.23. The Morgan fingerprint density at radius 3 is 2.67 bits per heavy atom. The second kappa shape index (κ2) is 5.20. The number of aliphatic carboxylic acids is 1. The van der Waals surface area contributed by atoms with E-state index in [1.165, 1.54) is 4.68 Å². The molecule has 0 saturated heterocycles. The fraction of sp³-hybridized carbons (Fsp3) is 0.583. The Labute approximate surface area is 105 Å². The molecule has 1 amide bonds. The van der Waals surface area contributed by atoms with Crippen LogP contribution in [0, 0.1) is 5.41 Å². The van der Waals surface area contributed by atoms with Crippen molar-refractivity contribution >= 4 is 11.9 Å². The summed E-state index contributed by atoms with van der Waals surface area (Å²) in [4.78, 5) is 23.0. The summed E-state index contributed by atoms with van der Waals surface area (Å²) in [5, 5.41) is 15.9. The first-order chi connectivity index (χ1) is 8.62. The van der Waals surface area contributed by atoms with Crippen LogP contribution >= 0.6 is 0 Å². The molecule has 6 nitrogen and oxygen atoms in total. The zero-order chi connectivity index (χ0) is 13.0. The predicted molar refractivity (Wildman–Crippen MR) is 63.8 cm³/mol. The van der Waals surface area contributed by atoms with Gasteiger partial charge in [0.15, 0.2) is 0 Å². The lowest BCUT2D eigenvalue weighted by Crippen LogP contribution is -2.42. The number of rotatable bonds is 5. The normalized spacial score (nSPS) is 17.6. The number of hydrogen-bond donors (Lipinski definition) is 2. The minimum atomic E-state index is -0.806. The van der Waals surface area contributed by atoms with Gasteiger partial charge < -0.3 is 10.4 Å². The van der Waals surface area contributed by atoms with Crippen molar-refractivity contribution < 1.29 is 14.7 Å². The molecule has 0 bridgehead atoms. The molecule has 98 valence electrons. The van der Waals surface area contributed by atoms with Crippen LogP contribution in [0.25, 0.3) is 0 Å². The molecule has 2 N–H and O–H groups in total. The molecule has 0 radical (unpaired) electrons. The van der Waals surface area contributed by atoms with E-state index < -0.39 is 11.4 Å². The van der Waals surface area contributed by atoms with E-state index in [4.69, 9.17) is 0 Å². The largest absolute Gasteiger partial charge is 0.481 e. The van der Waals surface area contributed by atoms with Crippen molar-refractivity contribution in [2.45, 2.75) is 32.2 Å². The predicted octanol–water partition coefficient (Wildman–Crippen LogP) is 0.644. The molecule has 1 fully saturated rings. The second-order valence-corrected chi connectivity index (χ2v) is 4.77. The van der Waals surface area contributed by atoms with E-state index in [9.17, 15) is 14.7 Å². The first-order valence-electron chi connectivity index (χ1n) is 6.10. The third-order valence-electron chi connectivity index (χ3n) is 3.50. The number of carbonyl (C=O) groups is 2. The number of hydrogen-bond acceptors (Lipinski definition) is 3. The highest BCUT2D eigenvalue weighted by Crippen LogP contribution is 2.37. The molecule has 1 saturated carbocycles. The van der Waals surface area contributed by atoms with Crippen molar-refractivity contribution in [1.82, 2.24) is 15.1 Å². The average molecular weight is 251 g/mol. The molecule has 0 aliphatic heterocycles. The van der Waals surface area contributed by atoms with Crippen LogP contribution in [0.3, 0.4) is 0 Å². The molecule has 1 aliphatic carbocycles. The van der Waals surface area contributed by atoms with E-state index in [1.54, 1.807) is 18.5 Å². The number of nitrogens with zero attached hydrogens (tertiary/aromatic N) is 2. The van der Waals surface area contributed by atoms with Crippen molar-refractivity contribution in [3.8, 4) is 0 Å². The van der Waals surface area contributed by atoms with Gasteiger partial charge in [-0.3, -0.25) is 14.3 Å². The van der Waals surface area contributed by atoms with Gasteiger partial charge in [0.05, 0.1) is 5.41 Å². The van der Waals surface area contributed by atoms with Gasteiger partial charge in [-0.15, -0.1) is 0 Å². The summed E-state index contributed by atoms with van der Waals surface area (Å²) in [5.41, 5.74) is -0.764. The maximum atomic E-state index is 11.7. The zero-order valence-corrected chi connectivity index (χ0v) is 10.1. The van der Waals surface area contributed by atoms with Gasteiger partial charge in [0, 0.05) is 18.9 Å². The zero-order valence-electron chi connectivity index (χ0n) is 10.1. The van der Waals surface area contributed by atoms with Crippen molar-refractivity contribution in [1.29, 1.82) is 0 Å². The quantitative estimate of drug-likeness (QED) is 0.804. The van der Waals surface area contributed by atoms with Gasteiger partial charge in [-0.2, -0.15) is 5.10 Å². The third-order valence-corrected chi connectivity index (χ3v) is 3.50. The lowest BCUT2D eigenvalue weighted by molar-refractivity contribution is -0.148. The minimum absolute atomic E-state index is 0.128. The molecule has 18 heavy (non-hydrogen) atoms. The van der Waals surface area contributed by atoms with Gasteiger partial charge >= 0.3 is 5.97 Å². The summed E-state index contributed by atoms with van der Waals surface area (Å²) in [6.45, 7) is 0.338. The molecular formula is C12H17N3O3. The van der Waals surface area contributed by atoms with Crippen LogP contribution in [0.2, 0.25) is 0 Å². The lowest BCUT2D eigenvalue weighted by atomic mass is 9.86. The Balaban J connectivity index is 1.86. The van der Waals surface area contributed by atoms with E-state index in [0.717, 1.165) is 12.8 Å². The summed E-state index contributed by atoms with van der Waals surface area (Å²) >= 11 is 0. The van der Waals surface area contributed by atoms with Crippen LogP contribution in [-0.4, -0.2) is 33.3 Å². The summed E-state index contributed by atoms with van der Waals surface area (Å²) in [5.74, 6) is -1.01. The molecule has 0 atom stereocenters.